The van der Waals surface area contributed by atoms with Crippen LogP contribution in [0.5, 0.6) is 0 Å². The van der Waals surface area contributed by atoms with E-state index in [4.69, 9.17) is 27.9 Å². The van der Waals surface area contributed by atoms with E-state index in [0.717, 1.165) is 49.0 Å². The van der Waals surface area contributed by atoms with E-state index in [9.17, 15) is 0 Å². The average Bonchev–Trinajstić information content (AvgIpc) is 2.55. The lowest BCUT2D eigenvalue weighted by molar-refractivity contribution is 0.0544. The first-order chi connectivity index (χ1) is 10.7. The normalized spacial score (nSPS) is 17.2. The molecule has 1 aromatic carbocycles. The fourth-order valence-corrected chi connectivity index (χ4v) is 3.56. The summed E-state index contributed by atoms with van der Waals surface area (Å²) in [7, 11) is 0. The number of nitrogens with one attached hydrogen (secondary N) is 1. The van der Waals surface area contributed by atoms with E-state index in [1.54, 1.807) is 6.20 Å². The highest BCUT2D eigenvalue weighted by atomic mass is 35.5. The first kappa shape index (κ1) is 15.6. The van der Waals surface area contributed by atoms with Crippen LogP contribution in [0.3, 0.4) is 0 Å². The van der Waals surface area contributed by atoms with E-state index < -0.39 is 0 Å². The highest BCUT2D eigenvalue weighted by Crippen LogP contribution is 2.39. The van der Waals surface area contributed by atoms with Gasteiger partial charge in [0.05, 0.1) is 0 Å². The molecule has 0 amide bonds. The molecule has 2 heterocycles. The smallest absolute Gasteiger partial charge is 0.125 e. The van der Waals surface area contributed by atoms with Crippen LogP contribution in [0.25, 0.3) is 0 Å². The summed E-state index contributed by atoms with van der Waals surface area (Å²) in [4.78, 5) is 4.33. The number of anilines is 1. The Morgan fingerprint density at radius 2 is 1.95 bits per heavy atom. The van der Waals surface area contributed by atoms with Crippen molar-refractivity contribution in [2.45, 2.75) is 18.3 Å². The molecule has 1 aromatic heterocycles. The van der Waals surface area contributed by atoms with Crippen LogP contribution in [-0.4, -0.2) is 24.7 Å². The highest BCUT2D eigenvalue weighted by molar-refractivity contribution is 6.35. The number of rotatable bonds is 4. The summed E-state index contributed by atoms with van der Waals surface area (Å²) in [6, 6.07) is 11.6. The Morgan fingerprint density at radius 3 is 2.64 bits per heavy atom. The number of ether oxygens (including phenoxy) is 1. The van der Waals surface area contributed by atoms with Crippen LogP contribution in [0.15, 0.2) is 42.6 Å². The molecule has 2 aromatic rings. The molecule has 0 aliphatic carbocycles. The molecule has 1 aliphatic rings. The molecular formula is C17H18Cl2N2O. The van der Waals surface area contributed by atoms with Crippen molar-refractivity contribution in [1.82, 2.24) is 4.98 Å². The standard InChI is InChI=1S/C17H18Cl2N2O/c18-13-4-5-14(15(19)11-13)17(6-9-22-10-7-17)12-21-16-3-1-2-8-20-16/h1-5,8,11H,6-7,9-10,12H2,(H,20,21). The van der Waals surface area contributed by atoms with E-state index in [1.165, 1.54) is 0 Å². The lowest BCUT2D eigenvalue weighted by Gasteiger charge is -2.38. The molecule has 1 fully saturated rings. The van der Waals surface area contributed by atoms with Crippen molar-refractivity contribution in [2.75, 3.05) is 25.1 Å². The molecule has 0 radical (unpaired) electrons. The minimum absolute atomic E-state index is 0.0581. The third-order valence-corrected chi connectivity index (χ3v) is 4.77. The van der Waals surface area contributed by atoms with E-state index >= 15 is 0 Å². The average molecular weight is 337 g/mol. The molecule has 0 saturated carbocycles. The van der Waals surface area contributed by atoms with Gasteiger partial charge in [-0.3, -0.25) is 0 Å². The number of halogens is 2. The van der Waals surface area contributed by atoms with E-state index in [0.29, 0.717) is 5.02 Å². The summed E-state index contributed by atoms with van der Waals surface area (Å²) in [5.41, 5.74) is 1.07. The summed E-state index contributed by atoms with van der Waals surface area (Å²) in [6.45, 7) is 2.25. The van der Waals surface area contributed by atoms with Gasteiger partial charge in [-0.15, -0.1) is 0 Å². The maximum atomic E-state index is 6.47. The van der Waals surface area contributed by atoms with Crippen LogP contribution in [0.1, 0.15) is 18.4 Å². The Balaban J connectivity index is 1.87. The topological polar surface area (TPSA) is 34.2 Å². The quantitative estimate of drug-likeness (QED) is 0.889. The molecule has 1 aliphatic heterocycles. The summed E-state index contributed by atoms with van der Waals surface area (Å²) in [5, 5.41) is 4.82. The van der Waals surface area contributed by atoms with Crippen LogP contribution < -0.4 is 5.32 Å². The molecule has 0 spiro atoms. The Bertz CT molecular complexity index is 628. The van der Waals surface area contributed by atoms with Gasteiger partial charge in [0.25, 0.3) is 0 Å². The van der Waals surface area contributed by atoms with E-state index in [1.807, 2.05) is 36.4 Å². The van der Waals surface area contributed by atoms with Gasteiger partial charge in [0.1, 0.15) is 5.82 Å². The summed E-state index contributed by atoms with van der Waals surface area (Å²) in [5.74, 6) is 0.874. The molecule has 0 atom stereocenters. The van der Waals surface area contributed by atoms with Crippen LogP contribution in [0, 0.1) is 0 Å². The Labute approximate surface area is 140 Å². The van der Waals surface area contributed by atoms with Gasteiger partial charge in [0, 0.05) is 41.4 Å². The molecule has 5 heteroatoms. The second kappa shape index (κ2) is 6.86. The van der Waals surface area contributed by atoms with Crippen molar-refractivity contribution in [3.05, 3.63) is 58.2 Å². The van der Waals surface area contributed by atoms with Gasteiger partial charge >= 0.3 is 0 Å². The highest BCUT2D eigenvalue weighted by Gasteiger charge is 2.36. The number of nitrogens with zero attached hydrogens (tertiary/aromatic N) is 1. The van der Waals surface area contributed by atoms with Crippen molar-refractivity contribution >= 4 is 29.0 Å². The molecular weight excluding hydrogens is 319 g/mol. The van der Waals surface area contributed by atoms with Gasteiger partial charge in [-0.05, 0) is 42.7 Å². The third-order valence-electron chi connectivity index (χ3n) is 4.23. The fraction of sp³-hybridized carbons (Fsp3) is 0.353. The SMILES string of the molecule is Clc1ccc(C2(CNc3ccccn3)CCOCC2)c(Cl)c1. The fourth-order valence-electron chi connectivity index (χ4n) is 2.95. The Morgan fingerprint density at radius 1 is 1.14 bits per heavy atom. The van der Waals surface area contributed by atoms with Gasteiger partial charge in [-0.25, -0.2) is 4.98 Å². The summed E-state index contributed by atoms with van der Waals surface area (Å²) >= 11 is 12.5. The van der Waals surface area contributed by atoms with Crippen molar-refractivity contribution in [1.29, 1.82) is 0 Å². The second-order valence-corrected chi connectivity index (χ2v) is 6.43. The van der Waals surface area contributed by atoms with Crippen LogP contribution in [-0.2, 0) is 10.2 Å². The van der Waals surface area contributed by atoms with Gasteiger partial charge < -0.3 is 10.1 Å². The monoisotopic (exact) mass is 336 g/mol. The predicted molar refractivity (Wildman–Crippen MR) is 90.9 cm³/mol. The lowest BCUT2D eigenvalue weighted by Crippen LogP contribution is -2.40. The minimum Gasteiger partial charge on any atom is -0.381 e. The number of benzene rings is 1. The van der Waals surface area contributed by atoms with Gasteiger partial charge in [0.15, 0.2) is 0 Å². The van der Waals surface area contributed by atoms with E-state index in [-0.39, 0.29) is 5.41 Å². The number of hydrogen-bond donors (Lipinski definition) is 1. The van der Waals surface area contributed by atoms with E-state index in [2.05, 4.69) is 10.3 Å². The number of aromatic nitrogens is 1. The molecule has 1 saturated heterocycles. The van der Waals surface area contributed by atoms with Crippen molar-refractivity contribution in [2.24, 2.45) is 0 Å². The zero-order valence-corrected chi connectivity index (χ0v) is 13.7. The largest absolute Gasteiger partial charge is 0.381 e. The maximum Gasteiger partial charge on any atom is 0.125 e. The molecule has 0 bridgehead atoms. The maximum absolute atomic E-state index is 6.47. The molecule has 22 heavy (non-hydrogen) atoms. The summed E-state index contributed by atoms with van der Waals surface area (Å²) < 4.78 is 5.55. The first-order valence-corrected chi connectivity index (χ1v) is 8.13. The lowest BCUT2D eigenvalue weighted by atomic mass is 9.74. The van der Waals surface area contributed by atoms with Crippen molar-refractivity contribution in [3.63, 3.8) is 0 Å². The molecule has 0 unspecified atom stereocenters. The van der Waals surface area contributed by atoms with Crippen LogP contribution in [0.2, 0.25) is 10.0 Å². The zero-order valence-electron chi connectivity index (χ0n) is 12.2. The molecule has 3 rings (SSSR count). The van der Waals surface area contributed by atoms with Gasteiger partial charge in [0.2, 0.25) is 0 Å². The second-order valence-electron chi connectivity index (χ2n) is 5.59. The molecule has 3 nitrogen and oxygen atoms in total. The van der Waals surface area contributed by atoms with Crippen molar-refractivity contribution in [3.8, 4) is 0 Å². The van der Waals surface area contributed by atoms with Crippen LogP contribution in [0.4, 0.5) is 5.82 Å². The zero-order chi connectivity index (χ0) is 15.4. The molecule has 1 N–H and O–H groups in total. The summed E-state index contributed by atoms with van der Waals surface area (Å²) in [6.07, 6.45) is 3.64. The predicted octanol–water partition coefficient (Wildman–Crippen LogP) is 4.55. The van der Waals surface area contributed by atoms with Gasteiger partial charge in [-0.1, -0.05) is 35.3 Å². The van der Waals surface area contributed by atoms with Crippen molar-refractivity contribution < 1.29 is 4.74 Å². The Kier molecular flexibility index (Phi) is 4.87. The minimum atomic E-state index is -0.0581. The number of hydrogen-bond acceptors (Lipinski definition) is 3. The molecule has 116 valence electrons. The first-order valence-electron chi connectivity index (χ1n) is 7.38. The Hall–Kier alpha value is -1.29. The third kappa shape index (κ3) is 3.37. The van der Waals surface area contributed by atoms with Gasteiger partial charge in [-0.2, -0.15) is 0 Å². The number of pyridine rings is 1. The van der Waals surface area contributed by atoms with Crippen LogP contribution >= 0.6 is 23.2 Å².